The summed E-state index contributed by atoms with van der Waals surface area (Å²) in [5.41, 5.74) is 0.546. The average Bonchev–Trinajstić information content (AvgIpc) is 3.00. The first-order valence-corrected chi connectivity index (χ1v) is 7.72. The molecule has 1 amide bonds. The van der Waals surface area contributed by atoms with Gasteiger partial charge in [-0.2, -0.15) is 0 Å². The topological polar surface area (TPSA) is 66.8 Å². The third-order valence-corrected chi connectivity index (χ3v) is 4.71. The predicted octanol–water partition coefficient (Wildman–Crippen LogP) is 2.11. The van der Waals surface area contributed by atoms with Gasteiger partial charge in [-0.05, 0) is 25.5 Å². The zero-order valence-electron chi connectivity index (χ0n) is 12.1. The molecule has 1 aromatic carbocycles. The van der Waals surface area contributed by atoms with Gasteiger partial charge in [0.15, 0.2) is 0 Å². The first kappa shape index (κ1) is 15.9. The van der Waals surface area contributed by atoms with Gasteiger partial charge in [0.25, 0.3) is 5.91 Å². The molecule has 0 aromatic heterocycles. The van der Waals surface area contributed by atoms with Crippen molar-refractivity contribution in [2.75, 3.05) is 20.3 Å². The highest BCUT2D eigenvalue weighted by Crippen LogP contribution is 2.28. The Morgan fingerprint density at radius 3 is 2.76 bits per heavy atom. The minimum Gasteiger partial charge on any atom is -0.480 e. The van der Waals surface area contributed by atoms with Crippen LogP contribution in [0, 0.1) is 0 Å². The lowest BCUT2D eigenvalue weighted by molar-refractivity contribution is -0.136. The summed E-state index contributed by atoms with van der Waals surface area (Å²) < 4.78 is 5.31. The minimum atomic E-state index is -0.889. The first-order valence-electron chi connectivity index (χ1n) is 6.84. The molecule has 1 aliphatic rings. The van der Waals surface area contributed by atoms with Crippen molar-refractivity contribution < 1.29 is 19.4 Å². The maximum Gasteiger partial charge on any atom is 0.316 e. The van der Waals surface area contributed by atoms with Crippen molar-refractivity contribution in [1.29, 1.82) is 0 Å². The van der Waals surface area contributed by atoms with Gasteiger partial charge in [-0.15, -0.1) is 11.8 Å². The fourth-order valence-corrected chi connectivity index (χ4v) is 3.09. The van der Waals surface area contributed by atoms with E-state index in [-0.39, 0.29) is 11.9 Å². The van der Waals surface area contributed by atoms with Gasteiger partial charge in [0.1, 0.15) is 5.25 Å². The van der Waals surface area contributed by atoms with Crippen molar-refractivity contribution in [3.05, 3.63) is 29.8 Å². The molecule has 0 bridgehead atoms. The third kappa shape index (κ3) is 3.77. The average molecular weight is 309 g/mol. The third-order valence-electron chi connectivity index (χ3n) is 3.54. The van der Waals surface area contributed by atoms with Crippen LogP contribution in [0.3, 0.4) is 0 Å². The van der Waals surface area contributed by atoms with Crippen molar-refractivity contribution in [3.63, 3.8) is 0 Å². The fourth-order valence-electron chi connectivity index (χ4n) is 2.17. The summed E-state index contributed by atoms with van der Waals surface area (Å²) >= 11 is 1.19. The van der Waals surface area contributed by atoms with E-state index in [4.69, 9.17) is 9.84 Å². The van der Waals surface area contributed by atoms with Crippen LogP contribution in [0.4, 0.5) is 0 Å². The molecule has 114 valence electrons. The summed E-state index contributed by atoms with van der Waals surface area (Å²) in [6.07, 6.45) is 0.836. The monoisotopic (exact) mass is 309 g/mol. The standard InChI is InChI=1S/C15H19NO4S/c1-10(15(18)19)21-13-6-4-3-5-12(13)14(17)16(2)11-7-8-20-9-11/h3-6,10-11H,7-9H2,1-2H3,(H,18,19). The summed E-state index contributed by atoms with van der Waals surface area (Å²) in [7, 11) is 1.77. The highest BCUT2D eigenvalue weighted by atomic mass is 32.2. The molecule has 0 radical (unpaired) electrons. The van der Waals surface area contributed by atoms with E-state index < -0.39 is 11.2 Å². The lowest BCUT2D eigenvalue weighted by Crippen LogP contribution is -2.37. The van der Waals surface area contributed by atoms with E-state index in [1.165, 1.54) is 11.8 Å². The Hall–Kier alpha value is -1.53. The van der Waals surface area contributed by atoms with Crippen LogP contribution in [-0.2, 0) is 9.53 Å². The molecule has 0 saturated carbocycles. The molecule has 1 aliphatic heterocycles. The number of nitrogens with zero attached hydrogens (tertiary/aromatic N) is 1. The Morgan fingerprint density at radius 2 is 2.14 bits per heavy atom. The number of benzene rings is 1. The van der Waals surface area contributed by atoms with E-state index in [9.17, 15) is 9.59 Å². The van der Waals surface area contributed by atoms with Crippen LogP contribution in [-0.4, -0.2) is 53.4 Å². The summed E-state index contributed by atoms with van der Waals surface area (Å²) in [6, 6.07) is 7.23. The maximum absolute atomic E-state index is 12.6. The number of carbonyl (C=O) groups excluding carboxylic acids is 1. The number of carboxylic acids is 1. The lowest BCUT2D eigenvalue weighted by Gasteiger charge is -2.24. The van der Waals surface area contributed by atoms with Gasteiger partial charge in [0.05, 0.1) is 18.2 Å². The van der Waals surface area contributed by atoms with Gasteiger partial charge in [0.2, 0.25) is 0 Å². The van der Waals surface area contributed by atoms with Crippen molar-refractivity contribution in [3.8, 4) is 0 Å². The van der Waals surface area contributed by atoms with Crippen LogP contribution in [0.15, 0.2) is 29.2 Å². The SMILES string of the molecule is CC(Sc1ccccc1C(=O)N(C)C1CCOC1)C(=O)O. The number of carboxylic acid groups (broad SMARTS) is 1. The molecule has 6 heteroatoms. The number of thioether (sulfide) groups is 1. The first-order chi connectivity index (χ1) is 10.0. The van der Waals surface area contributed by atoms with E-state index in [0.29, 0.717) is 23.7 Å². The van der Waals surface area contributed by atoms with Crippen molar-refractivity contribution >= 4 is 23.6 Å². The highest BCUT2D eigenvalue weighted by molar-refractivity contribution is 8.00. The number of rotatable bonds is 5. The van der Waals surface area contributed by atoms with Gasteiger partial charge in [0, 0.05) is 18.6 Å². The van der Waals surface area contributed by atoms with Crippen molar-refractivity contribution in [1.82, 2.24) is 4.90 Å². The maximum atomic E-state index is 12.6. The molecule has 2 rings (SSSR count). The van der Waals surface area contributed by atoms with Gasteiger partial charge < -0.3 is 14.7 Å². The fraction of sp³-hybridized carbons (Fsp3) is 0.467. The van der Waals surface area contributed by atoms with Crippen LogP contribution >= 0.6 is 11.8 Å². The van der Waals surface area contributed by atoms with Crippen molar-refractivity contribution in [2.45, 2.75) is 29.5 Å². The summed E-state index contributed by atoms with van der Waals surface area (Å²) in [5, 5.41) is 8.42. The second-order valence-corrected chi connectivity index (χ2v) is 6.41. The molecule has 2 unspecified atom stereocenters. The van der Waals surface area contributed by atoms with E-state index in [1.54, 1.807) is 37.1 Å². The quantitative estimate of drug-likeness (QED) is 0.844. The van der Waals surface area contributed by atoms with Crippen LogP contribution in [0.25, 0.3) is 0 Å². The van der Waals surface area contributed by atoms with E-state index in [2.05, 4.69) is 0 Å². The molecule has 0 aliphatic carbocycles. The van der Waals surface area contributed by atoms with Gasteiger partial charge in [-0.25, -0.2) is 0 Å². The molecule has 1 aromatic rings. The molecule has 2 atom stereocenters. The summed E-state index contributed by atoms with van der Waals surface area (Å²) in [5.74, 6) is -0.981. The lowest BCUT2D eigenvalue weighted by atomic mass is 10.1. The van der Waals surface area contributed by atoms with E-state index >= 15 is 0 Å². The van der Waals surface area contributed by atoms with E-state index in [1.807, 2.05) is 6.07 Å². The van der Waals surface area contributed by atoms with Crippen LogP contribution in [0.5, 0.6) is 0 Å². The summed E-state index contributed by atoms with van der Waals surface area (Å²) in [4.78, 5) is 26.0. The number of aliphatic carboxylic acids is 1. The number of amides is 1. The van der Waals surface area contributed by atoms with Gasteiger partial charge in [-0.1, -0.05) is 12.1 Å². The minimum absolute atomic E-state index is 0.0902. The predicted molar refractivity (Wildman–Crippen MR) is 80.7 cm³/mol. The molecule has 1 heterocycles. The summed E-state index contributed by atoms with van der Waals surface area (Å²) in [6.45, 7) is 2.85. The Labute approximate surface area is 128 Å². The van der Waals surface area contributed by atoms with Crippen molar-refractivity contribution in [2.24, 2.45) is 0 Å². The molecule has 0 spiro atoms. The van der Waals surface area contributed by atoms with E-state index in [0.717, 1.165) is 6.42 Å². The van der Waals surface area contributed by atoms with Crippen LogP contribution in [0.1, 0.15) is 23.7 Å². The Morgan fingerprint density at radius 1 is 1.43 bits per heavy atom. The number of hydrogen-bond donors (Lipinski definition) is 1. The molecule has 5 nitrogen and oxygen atoms in total. The Balaban J connectivity index is 2.18. The number of likely N-dealkylation sites (N-methyl/N-ethyl adjacent to an activating group) is 1. The normalized spacial score (nSPS) is 19.2. The van der Waals surface area contributed by atoms with Crippen LogP contribution in [0.2, 0.25) is 0 Å². The Kier molecular flexibility index (Phi) is 5.25. The zero-order chi connectivity index (χ0) is 15.4. The number of hydrogen-bond acceptors (Lipinski definition) is 4. The molecule has 1 N–H and O–H groups in total. The highest BCUT2D eigenvalue weighted by Gasteiger charge is 2.27. The second kappa shape index (κ2) is 6.95. The second-order valence-electron chi connectivity index (χ2n) is 5.03. The Bertz CT molecular complexity index is 528. The molecular weight excluding hydrogens is 290 g/mol. The molecular formula is C15H19NO4S. The smallest absolute Gasteiger partial charge is 0.316 e. The number of carbonyl (C=O) groups is 2. The molecule has 21 heavy (non-hydrogen) atoms. The van der Waals surface area contributed by atoms with Gasteiger partial charge >= 0.3 is 5.97 Å². The van der Waals surface area contributed by atoms with Gasteiger partial charge in [-0.3, -0.25) is 9.59 Å². The molecule has 1 fully saturated rings. The van der Waals surface area contributed by atoms with Crippen LogP contribution < -0.4 is 0 Å². The molecule has 1 saturated heterocycles. The largest absolute Gasteiger partial charge is 0.480 e. The zero-order valence-corrected chi connectivity index (χ0v) is 12.9. The number of ether oxygens (including phenoxy) is 1.